The average Bonchev–Trinajstić information content (AvgIpc) is 2.55. The molecule has 122 valence electrons. The third-order valence-corrected chi connectivity index (χ3v) is 6.65. The van der Waals surface area contributed by atoms with Crippen LogP contribution in [0.2, 0.25) is 19.6 Å². The van der Waals surface area contributed by atoms with Crippen molar-refractivity contribution >= 4 is 13.3 Å². The van der Waals surface area contributed by atoms with Crippen molar-refractivity contribution in [2.75, 3.05) is 0 Å². The van der Waals surface area contributed by atoms with Gasteiger partial charge >= 0.3 is 0 Å². The molecule has 0 radical (unpaired) electrons. The Balaban J connectivity index is 2.10. The largest absolute Gasteiger partial charge is 0.212 e. The van der Waals surface area contributed by atoms with Crippen LogP contribution in [-0.4, -0.2) is 8.07 Å². The molecule has 1 nitrogen and oxygen atoms in total. The fourth-order valence-electron chi connectivity index (χ4n) is 3.04. The highest BCUT2D eigenvalue weighted by Gasteiger charge is 2.21. The zero-order valence-electron chi connectivity index (χ0n) is 15.3. The van der Waals surface area contributed by atoms with E-state index in [1.165, 1.54) is 33.1 Å². The summed E-state index contributed by atoms with van der Waals surface area (Å²) in [7, 11) is 0.874. The number of pyridine rings is 1. The Morgan fingerprint density at radius 3 is 2.12 bits per heavy atom. The van der Waals surface area contributed by atoms with E-state index in [0.717, 1.165) is 0 Å². The van der Waals surface area contributed by atoms with Gasteiger partial charge in [-0.15, -0.1) is 0 Å². The van der Waals surface area contributed by atoms with Crippen molar-refractivity contribution < 1.29 is 4.57 Å². The summed E-state index contributed by atoms with van der Waals surface area (Å²) < 4.78 is 2.28. The Morgan fingerprint density at radius 2 is 1.50 bits per heavy atom. The Kier molecular flexibility index (Phi) is 4.42. The maximum absolute atomic E-state index is 2.39. The number of rotatable bonds is 3. The molecule has 0 aliphatic heterocycles. The fraction of sp³-hybridized carbons (Fsp3) is 0.227. The van der Waals surface area contributed by atoms with Crippen LogP contribution in [0, 0.1) is 6.92 Å². The molecule has 0 N–H and O–H groups in total. The molecule has 0 saturated heterocycles. The van der Waals surface area contributed by atoms with Gasteiger partial charge in [0.15, 0.2) is 6.20 Å². The lowest BCUT2D eigenvalue weighted by Gasteiger charge is -2.15. The Hall–Kier alpha value is -2.19. The highest BCUT2D eigenvalue weighted by atomic mass is 28.3. The van der Waals surface area contributed by atoms with Crippen LogP contribution in [0.3, 0.4) is 0 Å². The number of benzene rings is 2. The third kappa shape index (κ3) is 3.34. The van der Waals surface area contributed by atoms with Crippen molar-refractivity contribution in [1.82, 2.24) is 0 Å². The van der Waals surface area contributed by atoms with Gasteiger partial charge in [-0.3, -0.25) is 0 Å². The first kappa shape index (κ1) is 16.7. The van der Waals surface area contributed by atoms with Crippen molar-refractivity contribution in [3.05, 3.63) is 72.4 Å². The minimum atomic E-state index is -1.29. The molecule has 1 aromatic heterocycles. The van der Waals surface area contributed by atoms with Crippen molar-refractivity contribution in [3.63, 3.8) is 0 Å². The number of hydrogen-bond donors (Lipinski definition) is 0. The molecule has 0 atom stereocenters. The molecule has 0 fully saturated rings. The van der Waals surface area contributed by atoms with E-state index in [0.29, 0.717) is 0 Å². The summed E-state index contributed by atoms with van der Waals surface area (Å²) in [6.07, 6.45) is 2.32. The summed E-state index contributed by atoms with van der Waals surface area (Å²) in [4.78, 5) is 0. The first-order valence-corrected chi connectivity index (χ1v) is 12.0. The summed E-state index contributed by atoms with van der Waals surface area (Å²) >= 11 is 0. The summed E-state index contributed by atoms with van der Waals surface area (Å²) in [5, 5.41) is 1.49. The van der Waals surface area contributed by atoms with Gasteiger partial charge < -0.3 is 0 Å². The van der Waals surface area contributed by atoms with Gasteiger partial charge in [-0.05, 0) is 29.7 Å². The van der Waals surface area contributed by atoms with Crippen LogP contribution in [0.5, 0.6) is 0 Å². The molecule has 0 saturated carbocycles. The third-order valence-electron chi connectivity index (χ3n) is 4.62. The highest BCUT2D eigenvalue weighted by molar-refractivity contribution is 6.88. The fourth-order valence-corrected chi connectivity index (χ4v) is 4.20. The molecule has 0 amide bonds. The van der Waals surface area contributed by atoms with Crippen LogP contribution in [0.25, 0.3) is 22.4 Å². The standard InChI is InChI=1S/C22H26NSi/c1-17-11-12-19(18-9-7-6-8-10-18)15-21(17)22-14-13-20(16-23(22)2)24(3,4)5/h6-16H,1-5H3/q+1. The zero-order valence-corrected chi connectivity index (χ0v) is 16.3. The topological polar surface area (TPSA) is 3.88 Å². The molecule has 24 heavy (non-hydrogen) atoms. The van der Waals surface area contributed by atoms with E-state index in [9.17, 15) is 0 Å². The molecule has 2 heteroatoms. The first-order valence-electron chi connectivity index (χ1n) is 8.53. The predicted octanol–water partition coefficient (Wildman–Crippen LogP) is 4.70. The lowest BCUT2D eigenvalue weighted by molar-refractivity contribution is -0.659. The minimum Gasteiger partial charge on any atom is -0.201 e. The monoisotopic (exact) mass is 332 g/mol. The lowest BCUT2D eigenvalue weighted by atomic mass is 9.97. The van der Waals surface area contributed by atoms with Gasteiger partial charge in [-0.25, -0.2) is 4.57 Å². The summed E-state index contributed by atoms with van der Waals surface area (Å²) in [6, 6.07) is 21.9. The molecular weight excluding hydrogens is 306 g/mol. The molecule has 0 unspecified atom stereocenters. The van der Waals surface area contributed by atoms with Crippen LogP contribution in [0.15, 0.2) is 66.9 Å². The van der Waals surface area contributed by atoms with E-state index >= 15 is 0 Å². The van der Waals surface area contributed by atoms with Crippen molar-refractivity contribution in [1.29, 1.82) is 0 Å². The van der Waals surface area contributed by atoms with Gasteiger partial charge in [-0.1, -0.05) is 68.2 Å². The molecular formula is C22H26NSi+. The number of aromatic nitrogens is 1. The van der Waals surface area contributed by atoms with Crippen molar-refractivity contribution in [2.45, 2.75) is 26.6 Å². The normalized spacial score (nSPS) is 11.5. The van der Waals surface area contributed by atoms with Gasteiger partial charge in [0.05, 0.1) is 8.07 Å². The molecule has 1 heterocycles. The van der Waals surface area contributed by atoms with E-state index in [4.69, 9.17) is 0 Å². The van der Waals surface area contributed by atoms with Gasteiger partial charge in [0.25, 0.3) is 0 Å². The first-order chi connectivity index (χ1) is 11.4. The Labute approximate surface area is 146 Å². The number of aryl methyl sites for hydroxylation is 2. The van der Waals surface area contributed by atoms with Crippen LogP contribution >= 0.6 is 0 Å². The average molecular weight is 333 g/mol. The smallest absolute Gasteiger partial charge is 0.201 e. The molecule has 0 aliphatic carbocycles. The van der Waals surface area contributed by atoms with Gasteiger partial charge in [-0.2, -0.15) is 0 Å². The van der Waals surface area contributed by atoms with E-state index in [1.54, 1.807) is 0 Å². The van der Waals surface area contributed by atoms with E-state index in [1.807, 2.05) is 0 Å². The second-order valence-electron chi connectivity index (χ2n) is 7.56. The number of hydrogen-bond acceptors (Lipinski definition) is 0. The summed E-state index contributed by atoms with van der Waals surface area (Å²) in [5.41, 5.74) is 6.42. The quantitative estimate of drug-likeness (QED) is 0.483. The molecule has 0 aliphatic rings. The van der Waals surface area contributed by atoms with Crippen molar-refractivity contribution in [2.24, 2.45) is 7.05 Å². The van der Waals surface area contributed by atoms with Gasteiger partial charge in [0, 0.05) is 16.8 Å². The van der Waals surface area contributed by atoms with E-state index < -0.39 is 8.07 Å². The predicted molar refractivity (Wildman–Crippen MR) is 106 cm³/mol. The molecule has 2 aromatic carbocycles. The van der Waals surface area contributed by atoms with Crippen LogP contribution < -0.4 is 9.75 Å². The van der Waals surface area contributed by atoms with E-state index in [2.05, 4.69) is 105 Å². The Morgan fingerprint density at radius 1 is 0.792 bits per heavy atom. The lowest BCUT2D eigenvalue weighted by Crippen LogP contribution is -2.44. The minimum absolute atomic E-state index is 1.26. The zero-order chi connectivity index (χ0) is 17.3. The second kappa shape index (κ2) is 6.37. The van der Waals surface area contributed by atoms with Gasteiger partial charge in [0.2, 0.25) is 5.69 Å². The van der Waals surface area contributed by atoms with Crippen LogP contribution in [0.4, 0.5) is 0 Å². The maximum atomic E-state index is 2.39. The molecule has 3 aromatic rings. The molecule has 0 bridgehead atoms. The molecule has 3 rings (SSSR count). The van der Waals surface area contributed by atoms with Gasteiger partial charge in [0.1, 0.15) is 7.05 Å². The van der Waals surface area contributed by atoms with Crippen LogP contribution in [-0.2, 0) is 7.05 Å². The van der Waals surface area contributed by atoms with Crippen LogP contribution in [0.1, 0.15) is 5.56 Å². The maximum Gasteiger partial charge on any atom is 0.212 e. The highest BCUT2D eigenvalue weighted by Crippen LogP contribution is 2.27. The van der Waals surface area contributed by atoms with Crippen molar-refractivity contribution in [3.8, 4) is 22.4 Å². The Bertz CT molecular complexity index is 861. The second-order valence-corrected chi connectivity index (χ2v) is 12.6. The SMILES string of the molecule is Cc1ccc(-c2ccccc2)cc1-c1ccc([Si](C)(C)C)c[n+]1C. The summed E-state index contributed by atoms with van der Waals surface area (Å²) in [5.74, 6) is 0. The number of nitrogens with zero attached hydrogens (tertiary/aromatic N) is 1. The summed E-state index contributed by atoms with van der Waals surface area (Å²) in [6.45, 7) is 9.37. The van der Waals surface area contributed by atoms with E-state index in [-0.39, 0.29) is 0 Å². The molecule has 0 spiro atoms.